The summed E-state index contributed by atoms with van der Waals surface area (Å²) < 4.78 is 45.7. The van der Waals surface area contributed by atoms with E-state index < -0.39 is 26.6 Å². The number of nitro groups is 1. The molecule has 0 spiro atoms. The van der Waals surface area contributed by atoms with Crippen LogP contribution in [0.5, 0.6) is 0 Å². The average molecular weight is 439 g/mol. The molecule has 25 heavy (non-hydrogen) atoms. The van der Waals surface area contributed by atoms with E-state index in [0.29, 0.717) is 0 Å². The fraction of sp³-hybridized carbons (Fsp3) is 0.500. The van der Waals surface area contributed by atoms with Crippen molar-refractivity contribution in [1.82, 2.24) is 4.31 Å². The number of sulfonamides is 1. The molecule has 1 fully saturated rings. The molecule has 1 saturated heterocycles. The minimum Gasteiger partial charge on any atom is -0.464 e. The number of nitro benzene ring substituents is 1. The maximum absolute atomic E-state index is 14.6. The summed E-state index contributed by atoms with van der Waals surface area (Å²) in [6, 6.07) is 3.30. The first-order valence-electron chi connectivity index (χ1n) is 7.42. The predicted molar refractivity (Wildman–Crippen MR) is 89.3 cm³/mol. The van der Waals surface area contributed by atoms with Gasteiger partial charge in [0.2, 0.25) is 15.7 Å². The number of nitrogens with zero attached hydrogens (tertiary/aromatic N) is 2. The normalized spacial score (nSPS) is 17.9. The lowest BCUT2D eigenvalue weighted by atomic mass is 9.95. The number of carbonyl (C=O) groups excluding carboxylic acids is 1. The van der Waals surface area contributed by atoms with E-state index in [4.69, 9.17) is 4.74 Å². The Bertz CT molecular complexity index is 793. The largest absolute Gasteiger partial charge is 0.464 e. The van der Waals surface area contributed by atoms with E-state index in [-0.39, 0.29) is 47.6 Å². The van der Waals surface area contributed by atoms with Crippen LogP contribution in [0.3, 0.4) is 0 Å². The molecule has 0 saturated carbocycles. The smallest absolute Gasteiger partial charge is 0.343 e. The number of halogens is 2. The van der Waals surface area contributed by atoms with Crippen molar-refractivity contribution >= 4 is 37.6 Å². The number of hydrogen-bond donors (Lipinski definition) is 0. The molecular weight excluding hydrogens is 423 g/mol. The van der Waals surface area contributed by atoms with Crippen LogP contribution in [0.25, 0.3) is 0 Å². The number of hydrogen-bond acceptors (Lipinski definition) is 6. The molecule has 0 atom stereocenters. The van der Waals surface area contributed by atoms with Gasteiger partial charge in [0.25, 0.3) is 5.69 Å². The maximum atomic E-state index is 14.6. The Morgan fingerprint density at radius 1 is 1.44 bits per heavy atom. The maximum Gasteiger partial charge on any atom is 0.343 e. The predicted octanol–water partition coefficient (Wildman–Crippen LogP) is 2.41. The summed E-state index contributed by atoms with van der Waals surface area (Å²) >= 11 is 3.03. The van der Waals surface area contributed by atoms with Gasteiger partial charge in [0.15, 0.2) is 0 Å². The standard InChI is InChI=1S/C14H16BrFN2O6S/c1-2-24-13(19)14(16)5-7-17(8-6-14)25(22,23)12-4-3-10(18(20)21)9-11(12)15/h3-4,9H,2,5-8H2,1H3. The molecule has 1 aliphatic heterocycles. The minimum absolute atomic E-state index is 0.0439. The summed E-state index contributed by atoms with van der Waals surface area (Å²) in [4.78, 5) is 21.6. The summed E-state index contributed by atoms with van der Waals surface area (Å²) in [5.74, 6) is -0.983. The molecule has 0 aliphatic carbocycles. The molecule has 138 valence electrons. The molecule has 0 N–H and O–H groups in total. The molecule has 1 heterocycles. The molecule has 1 aromatic carbocycles. The Labute approximate surface area is 152 Å². The highest BCUT2D eigenvalue weighted by Crippen LogP contribution is 2.34. The molecule has 1 aromatic rings. The van der Waals surface area contributed by atoms with Gasteiger partial charge in [-0.1, -0.05) is 0 Å². The molecule has 1 aliphatic rings. The number of alkyl halides is 1. The highest BCUT2D eigenvalue weighted by atomic mass is 79.9. The van der Waals surface area contributed by atoms with E-state index in [9.17, 15) is 27.7 Å². The number of piperidine rings is 1. The van der Waals surface area contributed by atoms with E-state index in [2.05, 4.69) is 15.9 Å². The fourth-order valence-electron chi connectivity index (χ4n) is 2.50. The minimum atomic E-state index is -3.98. The molecule has 2 rings (SSSR count). The van der Waals surface area contributed by atoms with Crippen molar-refractivity contribution in [3.8, 4) is 0 Å². The average Bonchev–Trinajstić information content (AvgIpc) is 2.55. The highest BCUT2D eigenvalue weighted by molar-refractivity contribution is 9.10. The molecule has 11 heteroatoms. The van der Waals surface area contributed by atoms with Gasteiger partial charge in [-0.05, 0) is 28.9 Å². The zero-order valence-electron chi connectivity index (χ0n) is 13.3. The Kier molecular flexibility index (Phi) is 5.79. The van der Waals surface area contributed by atoms with Gasteiger partial charge >= 0.3 is 5.97 Å². The summed E-state index contributed by atoms with van der Waals surface area (Å²) in [6.45, 7) is 1.22. The summed E-state index contributed by atoms with van der Waals surface area (Å²) in [5.41, 5.74) is -2.45. The van der Waals surface area contributed by atoms with Crippen LogP contribution in [0.15, 0.2) is 27.6 Å². The van der Waals surface area contributed by atoms with Crippen molar-refractivity contribution in [3.63, 3.8) is 0 Å². The van der Waals surface area contributed by atoms with Gasteiger partial charge in [0.05, 0.1) is 16.4 Å². The first-order chi connectivity index (χ1) is 11.6. The lowest BCUT2D eigenvalue weighted by Crippen LogP contribution is -2.49. The molecule has 0 unspecified atom stereocenters. The SMILES string of the molecule is CCOC(=O)C1(F)CCN(S(=O)(=O)c2ccc([N+](=O)[O-])cc2Br)CC1. The van der Waals surface area contributed by atoms with Gasteiger partial charge in [0.1, 0.15) is 0 Å². The van der Waals surface area contributed by atoms with Crippen molar-refractivity contribution in [2.45, 2.75) is 30.3 Å². The van der Waals surface area contributed by atoms with Crippen molar-refractivity contribution in [1.29, 1.82) is 0 Å². The Morgan fingerprint density at radius 3 is 2.52 bits per heavy atom. The van der Waals surface area contributed by atoms with Gasteiger partial charge < -0.3 is 4.74 Å². The van der Waals surface area contributed by atoms with Crippen molar-refractivity contribution < 1.29 is 27.3 Å². The zero-order chi connectivity index (χ0) is 18.8. The highest BCUT2D eigenvalue weighted by Gasteiger charge is 2.45. The second kappa shape index (κ2) is 7.34. The van der Waals surface area contributed by atoms with Gasteiger partial charge in [-0.15, -0.1) is 0 Å². The van der Waals surface area contributed by atoms with Crippen LogP contribution in [0.1, 0.15) is 19.8 Å². The molecular formula is C14H16BrFN2O6S. The first-order valence-corrected chi connectivity index (χ1v) is 9.65. The number of esters is 1. The lowest BCUT2D eigenvalue weighted by molar-refractivity contribution is -0.385. The fourth-order valence-corrected chi connectivity index (χ4v) is 4.96. The Hall–Kier alpha value is -1.59. The monoisotopic (exact) mass is 438 g/mol. The molecule has 0 bridgehead atoms. The molecule has 0 amide bonds. The number of ether oxygens (including phenoxy) is 1. The van der Waals surface area contributed by atoms with Crippen LogP contribution >= 0.6 is 15.9 Å². The van der Waals surface area contributed by atoms with Crippen LogP contribution in [-0.2, 0) is 19.6 Å². The van der Waals surface area contributed by atoms with Crippen molar-refractivity contribution in [3.05, 3.63) is 32.8 Å². The first kappa shape index (κ1) is 19.7. The van der Waals surface area contributed by atoms with Gasteiger partial charge in [0, 0.05) is 42.5 Å². The van der Waals surface area contributed by atoms with Crippen LogP contribution in [-0.4, -0.2) is 49.0 Å². The van der Waals surface area contributed by atoms with Gasteiger partial charge in [-0.3, -0.25) is 10.1 Å². The second-order valence-electron chi connectivity index (χ2n) is 5.46. The number of carbonyl (C=O) groups is 1. The molecule has 0 aromatic heterocycles. The summed E-state index contributed by atoms with van der Waals surface area (Å²) in [7, 11) is -3.98. The second-order valence-corrected chi connectivity index (χ2v) is 8.22. The van der Waals surface area contributed by atoms with Crippen LogP contribution in [0, 0.1) is 10.1 Å². The number of non-ortho nitro benzene ring substituents is 1. The Morgan fingerprint density at radius 2 is 2.04 bits per heavy atom. The summed E-state index contributed by atoms with van der Waals surface area (Å²) in [5, 5.41) is 10.7. The van der Waals surface area contributed by atoms with Crippen LogP contribution < -0.4 is 0 Å². The van der Waals surface area contributed by atoms with E-state index in [1.165, 1.54) is 0 Å². The molecule has 0 radical (unpaired) electrons. The zero-order valence-corrected chi connectivity index (χ0v) is 15.7. The van der Waals surface area contributed by atoms with E-state index >= 15 is 0 Å². The third kappa shape index (κ3) is 3.98. The van der Waals surface area contributed by atoms with E-state index in [0.717, 1.165) is 22.5 Å². The van der Waals surface area contributed by atoms with E-state index in [1.54, 1.807) is 6.92 Å². The summed E-state index contributed by atoms with van der Waals surface area (Å²) in [6.07, 6.45) is -0.620. The van der Waals surface area contributed by atoms with E-state index in [1.807, 2.05) is 0 Å². The third-order valence-corrected chi connectivity index (χ3v) is 6.78. The van der Waals surface area contributed by atoms with Gasteiger partial charge in [-0.25, -0.2) is 17.6 Å². The lowest BCUT2D eigenvalue weighted by Gasteiger charge is -2.34. The third-order valence-electron chi connectivity index (χ3n) is 3.90. The van der Waals surface area contributed by atoms with Crippen LogP contribution in [0.2, 0.25) is 0 Å². The Balaban J connectivity index is 2.20. The van der Waals surface area contributed by atoms with Gasteiger partial charge in [-0.2, -0.15) is 4.31 Å². The van der Waals surface area contributed by atoms with Crippen molar-refractivity contribution in [2.75, 3.05) is 19.7 Å². The van der Waals surface area contributed by atoms with Crippen LogP contribution in [0.4, 0.5) is 10.1 Å². The topological polar surface area (TPSA) is 107 Å². The molecule has 8 nitrogen and oxygen atoms in total. The quantitative estimate of drug-likeness (QED) is 0.396. The van der Waals surface area contributed by atoms with Crippen molar-refractivity contribution in [2.24, 2.45) is 0 Å². The number of rotatable bonds is 5. The number of benzene rings is 1.